The molecule has 1 aliphatic rings. The van der Waals surface area contributed by atoms with Gasteiger partial charge in [0.05, 0.1) is 11.8 Å². The van der Waals surface area contributed by atoms with E-state index in [1.807, 2.05) is 0 Å². The molecule has 1 fully saturated rings. The fourth-order valence-corrected chi connectivity index (χ4v) is 3.12. The Morgan fingerprint density at radius 3 is 2.29 bits per heavy atom. The van der Waals surface area contributed by atoms with Crippen molar-refractivity contribution in [1.82, 2.24) is 0 Å². The quantitative estimate of drug-likeness (QED) is 0.355. The number of rotatable bonds is 4. The minimum atomic E-state index is -4.02. The molecule has 0 radical (unpaired) electrons. The molecule has 0 aliphatic heterocycles. The molecule has 100 valence electrons. The van der Waals surface area contributed by atoms with Crippen molar-refractivity contribution in [3.05, 3.63) is 0 Å². The van der Waals surface area contributed by atoms with Crippen LogP contribution in [0.5, 0.6) is 0 Å². The predicted molar refractivity (Wildman–Crippen MR) is 71.7 cm³/mol. The Morgan fingerprint density at radius 2 is 1.76 bits per heavy atom. The molecule has 0 saturated heterocycles. The van der Waals surface area contributed by atoms with Gasteiger partial charge < -0.3 is 5.73 Å². The SMILES string of the molecule is NC(CSS(=O)(=O)O)=NC1CCCCCCC1. The zero-order valence-electron chi connectivity index (χ0n) is 9.84. The molecule has 0 spiro atoms. The summed E-state index contributed by atoms with van der Waals surface area (Å²) in [4.78, 5) is 4.34. The van der Waals surface area contributed by atoms with Crippen LogP contribution in [-0.4, -0.2) is 30.6 Å². The Kier molecular flexibility index (Phi) is 6.29. The lowest BCUT2D eigenvalue weighted by Crippen LogP contribution is -2.20. The predicted octanol–water partition coefficient (Wildman–Crippen LogP) is 1.99. The Balaban J connectivity index is 2.42. The highest BCUT2D eigenvalue weighted by molar-refractivity contribution is 8.70. The fraction of sp³-hybridized carbons (Fsp3) is 0.900. The van der Waals surface area contributed by atoms with E-state index in [-0.39, 0.29) is 11.8 Å². The van der Waals surface area contributed by atoms with Crippen molar-refractivity contribution < 1.29 is 13.0 Å². The van der Waals surface area contributed by atoms with Crippen molar-refractivity contribution in [2.24, 2.45) is 10.7 Å². The smallest absolute Gasteiger partial charge is 0.320 e. The van der Waals surface area contributed by atoms with Crippen LogP contribution >= 0.6 is 10.8 Å². The van der Waals surface area contributed by atoms with E-state index >= 15 is 0 Å². The van der Waals surface area contributed by atoms with Crippen molar-refractivity contribution in [3.8, 4) is 0 Å². The molecular weight excluding hydrogens is 260 g/mol. The summed E-state index contributed by atoms with van der Waals surface area (Å²) < 4.78 is 29.7. The van der Waals surface area contributed by atoms with Crippen molar-refractivity contribution in [2.75, 3.05) is 5.75 Å². The number of hydrogen-bond donors (Lipinski definition) is 2. The van der Waals surface area contributed by atoms with Gasteiger partial charge in [0.2, 0.25) is 0 Å². The maximum absolute atomic E-state index is 10.5. The molecule has 0 amide bonds. The summed E-state index contributed by atoms with van der Waals surface area (Å²) in [6.07, 6.45) is 8.15. The average molecular weight is 280 g/mol. The summed E-state index contributed by atoms with van der Waals surface area (Å²) >= 11 is 0. The lowest BCUT2D eigenvalue weighted by Gasteiger charge is -2.16. The summed E-state index contributed by atoms with van der Waals surface area (Å²) in [5, 5.41) is 0. The van der Waals surface area contributed by atoms with Crippen LogP contribution in [0.4, 0.5) is 0 Å². The van der Waals surface area contributed by atoms with Gasteiger partial charge in [-0.05, 0) is 12.8 Å². The summed E-state index contributed by atoms with van der Waals surface area (Å²) in [7, 11) is -3.61. The Labute approximate surface area is 106 Å². The van der Waals surface area contributed by atoms with Gasteiger partial charge in [0.15, 0.2) is 0 Å². The molecular formula is C10H20N2O3S2. The van der Waals surface area contributed by atoms with Crippen molar-refractivity contribution in [3.63, 3.8) is 0 Å². The number of amidine groups is 1. The van der Waals surface area contributed by atoms with Crippen molar-refractivity contribution in [1.29, 1.82) is 0 Å². The first-order chi connectivity index (χ1) is 7.97. The van der Waals surface area contributed by atoms with E-state index in [4.69, 9.17) is 10.3 Å². The first-order valence-electron chi connectivity index (χ1n) is 5.91. The van der Waals surface area contributed by atoms with Gasteiger partial charge in [-0.3, -0.25) is 9.55 Å². The highest BCUT2D eigenvalue weighted by Crippen LogP contribution is 2.19. The molecule has 17 heavy (non-hydrogen) atoms. The van der Waals surface area contributed by atoms with E-state index in [0.29, 0.717) is 16.6 Å². The molecule has 0 aromatic heterocycles. The summed E-state index contributed by atoms with van der Waals surface area (Å²) in [5.41, 5.74) is 5.66. The van der Waals surface area contributed by atoms with E-state index in [1.165, 1.54) is 19.3 Å². The van der Waals surface area contributed by atoms with Gasteiger partial charge in [-0.1, -0.05) is 32.1 Å². The second-order valence-corrected chi connectivity index (χ2v) is 7.66. The molecule has 0 aromatic rings. The van der Waals surface area contributed by atoms with E-state index in [2.05, 4.69) is 4.99 Å². The number of hydrogen-bond acceptors (Lipinski definition) is 4. The number of aliphatic imine (C=N–C) groups is 1. The maximum atomic E-state index is 10.5. The summed E-state index contributed by atoms with van der Waals surface area (Å²) in [5.74, 6) is 0.341. The Morgan fingerprint density at radius 1 is 1.24 bits per heavy atom. The van der Waals surface area contributed by atoms with Crippen LogP contribution in [0, 0.1) is 0 Å². The Bertz CT molecular complexity index is 347. The van der Waals surface area contributed by atoms with Gasteiger partial charge in [0.1, 0.15) is 5.84 Å². The first kappa shape index (κ1) is 14.8. The minimum absolute atomic E-state index is 0.0370. The molecule has 7 heteroatoms. The highest BCUT2D eigenvalue weighted by Gasteiger charge is 2.12. The normalized spacial score (nSPS) is 20.9. The zero-order chi connectivity index (χ0) is 12.7. The largest absolute Gasteiger partial charge is 0.387 e. The third kappa shape index (κ3) is 7.62. The number of nitrogens with two attached hydrogens (primary N) is 1. The zero-order valence-corrected chi connectivity index (χ0v) is 11.5. The van der Waals surface area contributed by atoms with Crippen LogP contribution in [0.2, 0.25) is 0 Å². The first-order valence-corrected chi connectivity index (χ1v) is 8.85. The highest BCUT2D eigenvalue weighted by atomic mass is 33.1. The van der Waals surface area contributed by atoms with Gasteiger partial charge >= 0.3 is 9.15 Å². The van der Waals surface area contributed by atoms with Gasteiger partial charge in [-0.15, -0.1) is 0 Å². The maximum Gasteiger partial charge on any atom is 0.320 e. The monoisotopic (exact) mass is 280 g/mol. The van der Waals surface area contributed by atoms with E-state index in [9.17, 15) is 8.42 Å². The summed E-state index contributed by atoms with van der Waals surface area (Å²) in [6.45, 7) is 0. The van der Waals surface area contributed by atoms with Crippen LogP contribution < -0.4 is 5.73 Å². The molecule has 1 rings (SSSR count). The third-order valence-corrected chi connectivity index (χ3v) is 4.74. The second-order valence-electron chi connectivity index (χ2n) is 4.31. The van der Waals surface area contributed by atoms with E-state index in [1.54, 1.807) is 0 Å². The molecule has 0 atom stereocenters. The second kappa shape index (κ2) is 7.23. The minimum Gasteiger partial charge on any atom is -0.387 e. The van der Waals surface area contributed by atoms with E-state index < -0.39 is 9.15 Å². The molecule has 3 N–H and O–H groups in total. The fourth-order valence-electron chi connectivity index (χ4n) is 1.97. The van der Waals surface area contributed by atoms with Crippen molar-refractivity contribution >= 4 is 25.8 Å². The topological polar surface area (TPSA) is 92.8 Å². The Hall–Kier alpha value is -0.270. The van der Waals surface area contributed by atoms with Crippen LogP contribution in [0.1, 0.15) is 44.9 Å². The summed E-state index contributed by atoms with van der Waals surface area (Å²) in [6, 6.07) is 0.220. The van der Waals surface area contributed by atoms with Crippen LogP contribution in [-0.2, 0) is 9.15 Å². The molecule has 1 saturated carbocycles. The molecule has 1 aliphatic carbocycles. The van der Waals surface area contributed by atoms with Crippen molar-refractivity contribution in [2.45, 2.75) is 51.0 Å². The van der Waals surface area contributed by atoms with E-state index in [0.717, 1.165) is 25.7 Å². The lowest BCUT2D eigenvalue weighted by atomic mass is 9.97. The number of nitrogens with zero attached hydrogens (tertiary/aromatic N) is 1. The van der Waals surface area contributed by atoms with Gasteiger partial charge in [-0.25, -0.2) is 0 Å². The van der Waals surface area contributed by atoms with Crippen LogP contribution in [0.15, 0.2) is 4.99 Å². The average Bonchev–Trinajstić information content (AvgIpc) is 2.18. The molecule has 0 bridgehead atoms. The molecule has 0 unspecified atom stereocenters. The molecule has 0 heterocycles. The third-order valence-electron chi connectivity index (χ3n) is 2.78. The lowest BCUT2D eigenvalue weighted by molar-refractivity contribution is 0.455. The standard InChI is InChI=1S/C10H20N2O3S2/c11-10(8-16-17(13,14)15)12-9-6-4-2-1-3-5-7-9/h9H,1-8H2,(H2,11,12)(H,13,14,15). The molecule has 0 aromatic carbocycles. The molecule has 5 nitrogen and oxygen atoms in total. The van der Waals surface area contributed by atoms with Gasteiger partial charge in [0.25, 0.3) is 0 Å². The van der Waals surface area contributed by atoms with Gasteiger partial charge in [0, 0.05) is 10.8 Å². The van der Waals surface area contributed by atoms with Gasteiger partial charge in [-0.2, -0.15) is 8.42 Å². The van der Waals surface area contributed by atoms with Crippen LogP contribution in [0.3, 0.4) is 0 Å². The van der Waals surface area contributed by atoms with Crippen LogP contribution in [0.25, 0.3) is 0 Å².